The summed E-state index contributed by atoms with van der Waals surface area (Å²) in [7, 11) is 0. The van der Waals surface area contributed by atoms with Crippen molar-refractivity contribution in [1.29, 1.82) is 0 Å². The van der Waals surface area contributed by atoms with Gasteiger partial charge in [0.2, 0.25) is 5.91 Å². The van der Waals surface area contributed by atoms with E-state index < -0.39 is 11.9 Å². The minimum atomic E-state index is -0.870. The van der Waals surface area contributed by atoms with E-state index >= 15 is 0 Å². The predicted molar refractivity (Wildman–Crippen MR) is 97.6 cm³/mol. The molecular weight excluding hydrogens is 314 g/mol. The molecular formula is C21H23NO3. The van der Waals surface area contributed by atoms with Gasteiger partial charge in [-0.3, -0.25) is 9.59 Å². The van der Waals surface area contributed by atoms with E-state index in [-0.39, 0.29) is 5.91 Å². The van der Waals surface area contributed by atoms with Crippen LogP contribution in [0.4, 0.5) is 5.69 Å². The van der Waals surface area contributed by atoms with Crippen LogP contribution in [0.25, 0.3) is 0 Å². The number of hydrogen-bond donors (Lipinski definition) is 2. The van der Waals surface area contributed by atoms with E-state index in [1.807, 2.05) is 6.07 Å². The number of aliphatic carboxylic acids is 1. The Balaban J connectivity index is 1.51. The lowest BCUT2D eigenvalue weighted by atomic mass is 9.70. The van der Waals surface area contributed by atoms with Crippen molar-refractivity contribution in [3.8, 4) is 0 Å². The van der Waals surface area contributed by atoms with E-state index in [2.05, 4.69) is 29.6 Å². The number of carboxylic acid groups (broad SMARTS) is 1. The number of carbonyl (C=O) groups excluding carboxylic acids is 1. The van der Waals surface area contributed by atoms with Crippen molar-refractivity contribution in [2.24, 2.45) is 5.92 Å². The summed E-state index contributed by atoms with van der Waals surface area (Å²) < 4.78 is 0. The van der Waals surface area contributed by atoms with Gasteiger partial charge in [-0.2, -0.15) is 0 Å². The van der Waals surface area contributed by atoms with Crippen LogP contribution in [0.5, 0.6) is 0 Å². The van der Waals surface area contributed by atoms with Crippen molar-refractivity contribution >= 4 is 17.6 Å². The second-order valence-corrected chi connectivity index (χ2v) is 6.88. The molecule has 3 rings (SSSR count). The normalized spacial score (nSPS) is 20.4. The van der Waals surface area contributed by atoms with Gasteiger partial charge < -0.3 is 10.4 Å². The molecule has 1 atom stereocenters. The van der Waals surface area contributed by atoms with Crippen LogP contribution < -0.4 is 5.32 Å². The molecule has 0 spiro atoms. The highest BCUT2D eigenvalue weighted by Gasteiger charge is 2.31. The van der Waals surface area contributed by atoms with Crippen LogP contribution in [-0.2, 0) is 9.59 Å². The van der Waals surface area contributed by atoms with Crippen molar-refractivity contribution < 1.29 is 14.7 Å². The third-order valence-electron chi connectivity index (χ3n) is 5.02. The molecule has 2 aromatic carbocycles. The van der Waals surface area contributed by atoms with E-state index in [0.29, 0.717) is 29.5 Å². The summed E-state index contributed by atoms with van der Waals surface area (Å²) in [5, 5.41) is 12.0. The summed E-state index contributed by atoms with van der Waals surface area (Å²) >= 11 is 0. The summed E-state index contributed by atoms with van der Waals surface area (Å²) in [6.45, 7) is 1.64. The van der Waals surface area contributed by atoms with Crippen LogP contribution in [0, 0.1) is 5.92 Å². The topological polar surface area (TPSA) is 66.4 Å². The lowest BCUT2D eigenvalue weighted by molar-refractivity contribution is -0.138. The highest BCUT2D eigenvalue weighted by molar-refractivity contribution is 5.91. The first-order chi connectivity index (χ1) is 12.0. The summed E-state index contributed by atoms with van der Waals surface area (Å²) in [5.41, 5.74) is 2.71. The van der Waals surface area contributed by atoms with Gasteiger partial charge in [-0.05, 0) is 54.9 Å². The first-order valence-electron chi connectivity index (χ1n) is 8.70. The average molecular weight is 337 g/mol. The molecule has 2 N–H and O–H groups in total. The van der Waals surface area contributed by atoms with Gasteiger partial charge in [0.15, 0.2) is 0 Å². The standard InChI is InChI=1S/C21H23NO3/c1-14(21(24)25)17-8-5-9-19(13-17)22-20(23)12-15-10-18(11-15)16-6-3-2-4-7-16/h2-9,13-15,18H,10-12H2,1H3,(H,22,23)(H,24,25). The maximum absolute atomic E-state index is 12.2. The molecule has 0 aliphatic heterocycles. The number of benzene rings is 2. The number of anilines is 1. The molecule has 4 heteroatoms. The van der Waals surface area contributed by atoms with Crippen LogP contribution in [-0.4, -0.2) is 17.0 Å². The molecule has 1 aliphatic carbocycles. The number of carbonyl (C=O) groups is 2. The Morgan fingerprint density at radius 2 is 1.84 bits per heavy atom. The SMILES string of the molecule is CC(C(=O)O)c1cccc(NC(=O)CC2CC(c3ccccc3)C2)c1. The summed E-state index contributed by atoms with van der Waals surface area (Å²) in [4.78, 5) is 23.3. The van der Waals surface area contributed by atoms with Gasteiger partial charge in [0.05, 0.1) is 5.92 Å². The number of rotatable bonds is 6. The molecule has 0 aromatic heterocycles. The molecule has 4 nitrogen and oxygen atoms in total. The zero-order valence-corrected chi connectivity index (χ0v) is 14.3. The van der Waals surface area contributed by atoms with Crippen LogP contribution in [0.15, 0.2) is 54.6 Å². The Bertz CT molecular complexity index is 751. The molecule has 0 heterocycles. The second kappa shape index (κ2) is 7.51. The fraction of sp³-hybridized carbons (Fsp3) is 0.333. The lowest BCUT2D eigenvalue weighted by Crippen LogP contribution is -2.26. The van der Waals surface area contributed by atoms with Crippen LogP contribution >= 0.6 is 0 Å². The van der Waals surface area contributed by atoms with Crippen LogP contribution in [0.1, 0.15) is 49.1 Å². The number of amides is 1. The fourth-order valence-electron chi connectivity index (χ4n) is 3.40. The summed E-state index contributed by atoms with van der Waals surface area (Å²) in [5.74, 6) is -0.471. The number of nitrogens with one attached hydrogen (secondary N) is 1. The Morgan fingerprint density at radius 3 is 2.52 bits per heavy atom. The third-order valence-corrected chi connectivity index (χ3v) is 5.02. The summed E-state index contributed by atoms with van der Waals surface area (Å²) in [6, 6.07) is 17.5. The smallest absolute Gasteiger partial charge is 0.310 e. The minimum absolute atomic E-state index is 0.00311. The molecule has 0 bridgehead atoms. The quantitative estimate of drug-likeness (QED) is 0.821. The minimum Gasteiger partial charge on any atom is -0.481 e. The van der Waals surface area contributed by atoms with Gasteiger partial charge in [-0.1, -0.05) is 42.5 Å². The maximum atomic E-state index is 12.2. The van der Waals surface area contributed by atoms with Crippen molar-refractivity contribution in [3.05, 3.63) is 65.7 Å². The Labute approximate surface area is 147 Å². The molecule has 1 aliphatic rings. The molecule has 0 saturated heterocycles. The molecule has 1 fully saturated rings. The predicted octanol–water partition coefficient (Wildman–Crippen LogP) is 4.40. The molecule has 2 aromatic rings. The maximum Gasteiger partial charge on any atom is 0.310 e. The zero-order valence-electron chi connectivity index (χ0n) is 14.3. The largest absolute Gasteiger partial charge is 0.481 e. The van der Waals surface area contributed by atoms with Gasteiger partial charge in [-0.15, -0.1) is 0 Å². The van der Waals surface area contributed by atoms with E-state index in [1.165, 1.54) is 5.56 Å². The molecule has 25 heavy (non-hydrogen) atoms. The number of carboxylic acids is 1. The zero-order chi connectivity index (χ0) is 17.8. The highest BCUT2D eigenvalue weighted by Crippen LogP contribution is 2.43. The van der Waals surface area contributed by atoms with Crippen molar-refractivity contribution in [2.75, 3.05) is 5.32 Å². The Morgan fingerprint density at radius 1 is 1.12 bits per heavy atom. The molecule has 1 saturated carbocycles. The first-order valence-corrected chi connectivity index (χ1v) is 8.70. The van der Waals surface area contributed by atoms with Gasteiger partial charge >= 0.3 is 5.97 Å². The van der Waals surface area contributed by atoms with E-state index in [0.717, 1.165) is 12.8 Å². The Kier molecular flexibility index (Phi) is 5.17. The highest BCUT2D eigenvalue weighted by atomic mass is 16.4. The van der Waals surface area contributed by atoms with Crippen LogP contribution in [0.2, 0.25) is 0 Å². The fourth-order valence-corrected chi connectivity index (χ4v) is 3.40. The van der Waals surface area contributed by atoms with E-state index in [9.17, 15) is 9.59 Å². The van der Waals surface area contributed by atoms with Crippen molar-refractivity contribution in [1.82, 2.24) is 0 Å². The average Bonchev–Trinajstić information content (AvgIpc) is 2.58. The Hall–Kier alpha value is -2.62. The van der Waals surface area contributed by atoms with Gasteiger partial charge in [0.1, 0.15) is 0 Å². The van der Waals surface area contributed by atoms with Crippen molar-refractivity contribution in [3.63, 3.8) is 0 Å². The molecule has 1 amide bonds. The molecule has 130 valence electrons. The molecule has 1 unspecified atom stereocenters. The second-order valence-electron chi connectivity index (χ2n) is 6.88. The van der Waals surface area contributed by atoms with E-state index in [4.69, 9.17) is 5.11 Å². The van der Waals surface area contributed by atoms with Gasteiger partial charge in [0.25, 0.3) is 0 Å². The van der Waals surface area contributed by atoms with E-state index in [1.54, 1.807) is 31.2 Å². The van der Waals surface area contributed by atoms with Gasteiger partial charge in [0, 0.05) is 12.1 Å². The third kappa shape index (κ3) is 4.27. The summed E-state index contributed by atoms with van der Waals surface area (Å²) in [6.07, 6.45) is 2.61. The van der Waals surface area contributed by atoms with Crippen molar-refractivity contribution in [2.45, 2.75) is 38.0 Å². The number of hydrogen-bond acceptors (Lipinski definition) is 2. The monoisotopic (exact) mass is 337 g/mol. The van der Waals surface area contributed by atoms with Gasteiger partial charge in [-0.25, -0.2) is 0 Å². The first kappa shape index (κ1) is 17.2. The molecule has 0 radical (unpaired) electrons. The lowest BCUT2D eigenvalue weighted by Gasteiger charge is -2.35. The van der Waals surface area contributed by atoms with Crippen LogP contribution in [0.3, 0.4) is 0 Å².